The fourth-order valence-corrected chi connectivity index (χ4v) is 1.85. The summed E-state index contributed by atoms with van der Waals surface area (Å²) in [5.41, 5.74) is -1.48. The van der Waals surface area contributed by atoms with E-state index in [0.29, 0.717) is 12.8 Å². The molecule has 1 unspecified atom stereocenters. The third kappa shape index (κ3) is 6.11. The van der Waals surface area contributed by atoms with Crippen molar-refractivity contribution in [2.45, 2.75) is 77.2 Å². The van der Waals surface area contributed by atoms with Gasteiger partial charge < -0.3 is 10.2 Å². The van der Waals surface area contributed by atoms with Crippen molar-refractivity contribution in [2.75, 3.05) is 0 Å². The van der Waals surface area contributed by atoms with Crippen LogP contribution in [0.5, 0.6) is 0 Å². The Morgan fingerprint density at radius 2 is 1.38 bits per heavy atom. The third-order valence-electron chi connectivity index (χ3n) is 3.04. The SMILES string of the molecule is CCCCCCC(O)(CCCCC)C(=O)O. The maximum Gasteiger partial charge on any atom is 0.335 e. The van der Waals surface area contributed by atoms with Gasteiger partial charge in [0.15, 0.2) is 5.60 Å². The predicted molar refractivity (Wildman–Crippen MR) is 65.5 cm³/mol. The minimum atomic E-state index is -1.48. The van der Waals surface area contributed by atoms with Crippen LogP contribution in [0.4, 0.5) is 0 Å². The van der Waals surface area contributed by atoms with E-state index in [1.165, 1.54) is 0 Å². The van der Waals surface area contributed by atoms with Crippen molar-refractivity contribution in [3.63, 3.8) is 0 Å². The van der Waals surface area contributed by atoms with E-state index in [2.05, 4.69) is 13.8 Å². The summed E-state index contributed by atoms with van der Waals surface area (Å²) in [5.74, 6) is -1.06. The van der Waals surface area contributed by atoms with Crippen molar-refractivity contribution < 1.29 is 15.0 Å². The van der Waals surface area contributed by atoms with Gasteiger partial charge in [-0.15, -0.1) is 0 Å². The number of aliphatic carboxylic acids is 1. The first-order valence-corrected chi connectivity index (χ1v) is 6.52. The second-order valence-electron chi connectivity index (χ2n) is 4.60. The molecule has 0 amide bonds. The number of carboxylic acids is 1. The normalized spacial score (nSPS) is 14.7. The van der Waals surface area contributed by atoms with Crippen molar-refractivity contribution in [2.24, 2.45) is 0 Å². The molecule has 0 saturated heterocycles. The lowest BCUT2D eigenvalue weighted by atomic mass is 9.90. The molecule has 0 aliphatic carbocycles. The Morgan fingerprint density at radius 1 is 0.938 bits per heavy atom. The minimum absolute atomic E-state index is 0.391. The van der Waals surface area contributed by atoms with Gasteiger partial charge in [-0.25, -0.2) is 4.79 Å². The smallest absolute Gasteiger partial charge is 0.335 e. The molecule has 0 heterocycles. The van der Waals surface area contributed by atoms with Crippen LogP contribution >= 0.6 is 0 Å². The number of rotatable bonds is 10. The Morgan fingerprint density at radius 3 is 1.81 bits per heavy atom. The molecular formula is C13H26O3. The van der Waals surface area contributed by atoms with Gasteiger partial charge in [-0.3, -0.25) is 0 Å². The monoisotopic (exact) mass is 230 g/mol. The third-order valence-corrected chi connectivity index (χ3v) is 3.04. The van der Waals surface area contributed by atoms with Crippen LogP contribution < -0.4 is 0 Å². The summed E-state index contributed by atoms with van der Waals surface area (Å²) in [6.07, 6.45) is 7.69. The van der Waals surface area contributed by atoms with E-state index in [1.54, 1.807) is 0 Å². The van der Waals surface area contributed by atoms with E-state index < -0.39 is 11.6 Å². The highest BCUT2D eigenvalue weighted by atomic mass is 16.4. The Kier molecular flexibility index (Phi) is 8.26. The molecule has 1 atom stereocenters. The van der Waals surface area contributed by atoms with Crippen LogP contribution in [-0.4, -0.2) is 21.8 Å². The van der Waals surface area contributed by atoms with E-state index in [0.717, 1.165) is 44.9 Å². The van der Waals surface area contributed by atoms with Crippen molar-refractivity contribution in [3.8, 4) is 0 Å². The fourth-order valence-electron chi connectivity index (χ4n) is 1.85. The van der Waals surface area contributed by atoms with Gasteiger partial charge in [0.05, 0.1) is 0 Å². The molecular weight excluding hydrogens is 204 g/mol. The maximum absolute atomic E-state index is 11.0. The van der Waals surface area contributed by atoms with Gasteiger partial charge in [0.2, 0.25) is 0 Å². The average Bonchev–Trinajstić information content (AvgIpc) is 2.25. The summed E-state index contributed by atoms with van der Waals surface area (Å²) in [4.78, 5) is 11.0. The summed E-state index contributed by atoms with van der Waals surface area (Å²) >= 11 is 0. The lowest BCUT2D eigenvalue weighted by Crippen LogP contribution is -2.38. The fraction of sp³-hybridized carbons (Fsp3) is 0.923. The molecule has 3 nitrogen and oxygen atoms in total. The first kappa shape index (κ1) is 15.4. The number of hydrogen-bond acceptors (Lipinski definition) is 2. The van der Waals surface area contributed by atoms with E-state index in [1.807, 2.05) is 0 Å². The Labute approximate surface area is 98.9 Å². The Balaban J connectivity index is 3.96. The van der Waals surface area contributed by atoms with Crippen LogP contribution in [0.3, 0.4) is 0 Å². The standard InChI is InChI=1S/C13H26O3/c1-3-5-7-9-11-13(16,12(14)15)10-8-6-4-2/h16H,3-11H2,1-2H3,(H,14,15). The molecule has 0 aromatic heterocycles. The van der Waals surface area contributed by atoms with E-state index in [4.69, 9.17) is 5.11 Å². The Bertz CT molecular complexity index is 192. The van der Waals surface area contributed by atoms with Crippen LogP contribution in [0.25, 0.3) is 0 Å². The second-order valence-corrected chi connectivity index (χ2v) is 4.60. The van der Waals surface area contributed by atoms with E-state index in [9.17, 15) is 9.90 Å². The molecule has 0 aromatic rings. The summed E-state index contributed by atoms with van der Waals surface area (Å²) < 4.78 is 0. The summed E-state index contributed by atoms with van der Waals surface area (Å²) in [5, 5.41) is 19.1. The van der Waals surface area contributed by atoms with Crippen molar-refractivity contribution in [3.05, 3.63) is 0 Å². The van der Waals surface area contributed by atoms with Crippen LogP contribution in [-0.2, 0) is 4.79 Å². The van der Waals surface area contributed by atoms with Crippen molar-refractivity contribution in [1.82, 2.24) is 0 Å². The molecule has 0 aliphatic heterocycles. The lowest BCUT2D eigenvalue weighted by molar-refractivity contribution is -0.160. The zero-order chi connectivity index (χ0) is 12.4. The number of unbranched alkanes of at least 4 members (excludes halogenated alkanes) is 5. The van der Waals surface area contributed by atoms with Gasteiger partial charge in [0.25, 0.3) is 0 Å². The lowest BCUT2D eigenvalue weighted by Gasteiger charge is -2.23. The van der Waals surface area contributed by atoms with Crippen molar-refractivity contribution >= 4 is 5.97 Å². The van der Waals surface area contributed by atoms with Crippen LogP contribution in [0.15, 0.2) is 0 Å². The van der Waals surface area contributed by atoms with Crippen LogP contribution in [0.1, 0.15) is 71.6 Å². The summed E-state index contributed by atoms with van der Waals surface area (Å²) in [6.45, 7) is 4.19. The zero-order valence-corrected chi connectivity index (χ0v) is 10.7. The van der Waals surface area contributed by atoms with Gasteiger partial charge in [-0.1, -0.05) is 46.0 Å². The highest BCUT2D eigenvalue weighted by Gasteiger charge is 2.34. The molecule has 0 aromatic carbocycles. The molecule has 0 radical (unpaired) electrons. The van der Waals surface area contributed by atoms with Crippen LogP contribution in [0, 0.1) is 0 Å². The summed E-state index contributed by atoms with van der Waals surface area (Å²) in [7, 11) is 0. The second kappa shape index (κ2) is 8.57. The van der Waals surface area contributed by atoms with E-state index in [-0.39, 0.29) is 0 Å². The number of hydrogen-bond donors (Lipinski definition) is 2. The first-order chi connectivity index (χ1) is 7.56. The topological polar surface area (TPSA) is 57.5 Å². The minimum Gasteiger partial charge on any atom is -0.479 e. The molecule has 0 rings (SSSR count). The van der Waals surface area contributed by atoms with Gasteiger partial charge in [0, 0.05) is 0 Å². The maximum atomic E-state index is 11.0. The highest BCUT2D eigenvalue weighted by molar-refractivity contribution is 5.76. The molecule has 16 heavy (non-hydrogen) atoms. The quantitative estimate of drug-likeness (QED) is 0.566. The summed E-state index contributed by atoms with van der Waals surface area (Å²) in [6, 6.07) is 0. The molecule has 0 saturated carbocycles. The largest absolute Gasteiger partial charge is 0.479 e. The number of aliphatic hydroxyl groups is 1. The zero-order valence-electron chi connectivity index (χ0n) is 10.7. The van der Waals surface area contributed by atoms with Gasteiger partial charge in [0.1, 0.15) is 0 Å². The molecule has 0 aliphatic rings. The van der Waals surface area contributed by atoms with Gasteiger partial charge >= 0.3 is 5.97 Å². The highest BCUT2D eigenvalue weighted by Crippen LogP contribution is 2.23. The van der Waals surface area contributed by atoms with E-state index >= 15 is 0 Å². The van der Waals surface area contributed by atoms with Crippen molar-refractivity contribution in [1.29, 1.82) is 0 Å². The predicted octanol–water partition coefficient (Wildman–Crippen LogP) is 3.35. The van der Waals surface area contributed by atoms with Gasteiger partial charge in [-0.05, 0) is 25.7 Å². The number of carbonyl (C=O) groups is 1. The Hall–Kier alpha value is -0.570. The molecule has 0 bridgehead atoms. The first-order valence-electron chi connectivity index (χ1n) is 6.52. The molecule has 0 spiro atoms. The molecule has 3 heteroatoms. The average molecular weight is 230 g/mol. The van der Waals surface area contributed by atoms with Crippen LogP contribution in [0.2, 0.25) is 0 Å². The van der Waals surface area contributed by atoms with Gasteiger partial charge in [-0.2, -0.15) is 0 Å². The molecule has 0 fully saturated rings. The molecule has 2 N–H and O–H groups in total. The molecule has 96 valence electrons. The number of carboxylic acid groups (broad SMARTS) is 1.